The number of aryl methyl sites for hydroxylation is 2. The van der Waals surface area contributed by atoms with Gasteiger partial charge in [0.15, 0.2) is 0 Å². The van der Waals surface area contributed by atoms with Crippen LogP contribution in [0.3, 0.4) is 0 Å². The maximum Gasteiger partial charge on any atom is 0.271 e. The van der Waals surface area contributed by atoms with Crippen molar-refractivity contribution in [3.05, 3.63) is 59.4 Å². The first kappa shape index (κ1) is 17.2. The fraction of sp³-hybridized carbons (Fsp3) is 0.300. The number of carbonyl (C=O) groups is 1. The summed E-state index contributed by atoms with van der Waals surface area (Å²) in [5.41, 5.74) is 4.19. The SMILES string of the molecule is Cc1ccc(-c2nc3ccc(C)cn3c2C(=O)NC(C)(C)CO)cc1. The van der Waals surface area contributed by atoms with Crippen LogP contribution in [0.5, 0.6) is 0 Å². The minimum absolute atomic E-state index is 0.144. The molecule has 0 fully saturated rings. The minimum atomic E-state index is -0.713. The first-order valence-corrected chi connectivity index (χ1v) is 8.30. The maximum atomic E-state index is 13.0. The molecule has 0 aliphatic rings. The number of aliphatic hydroxyl groups excluding tert-OH is 1. The highest BCUT2D eigenvalue weighted by Crippen LogP contribution is 2.26. The number of nitrogens with one attached hydrogen (secondary N) is 1. The summed E-state index contributed by atoms with van der Waals surface area (Å²) >= 11 is 0. The molecule has 5 heteroatoms. The van der Waals surface area contributed by atoms with Crippen LogP contribution in [0.4, 0.5) is 0 Å². The average molecular weight is 337 g/mol. The van der Waals surface area contributed by atoms with Crippen molar-refractivity contribution in [1.29, 1.82) is 0 Å². The van der Waals surface area contributed by atoms with Gasteiger partial charge in [-0.3, -0.25) is 9.20 Å². The van der Waals surface area contributed by atoms with Gasteiger partial charge in [0.1, 0.15) is 17.0 Å². The second-order valence-electron chi connectivity index (χ2n) is 7.11. The highest BCUT2D eigenvalue weighted by Gasteiger charge is 2.26. The quantitative estimate of drug-likeness (QED) is 0.769. The number of aromatic nitrogens is 2. The van der Waals surface area contributed by atoms with E-state index >= 15 is 0 Å². The average Bonchev–Trinajstić information content (AvgIpc) is 2.93. The molecular weight excluding hydrogens is 314 g/mol. The van der Waals surface area contributed by atoms with Crippen LogP contribution in [0.25, 0.3) is 16.9 Å². The zero-order valence-electron chi connectivity index (χ0n) is 15.0. The minimum Gasteiger partial charge on any atom is -0.394 e. The van der Waals surface area contributed by atoms with Gasteiger partial charge in [-0.1, -0.05) is 35.9 Å². The number of amides is 1. The molecular formula is C20H23N3O2. The molecule has 1 amide bonds. The third kappa shape index (κ3) is 3.42. The van der Waals surface area contributed by atoms with Gasteiger partial charge in [-0.05, 0) is 39.3 Å². The Morgan fingerprint density at radius 3 is 2.40 bits per heavy atom. The van der Waals surface area contributed by atoms with Crippen LogP contribution < -0.4 is 5.32 Å². The van der Waals surface area contributed by atoms with Crippen molar-refractivity contribution in [3.63, 3.8) is 0 Å². The summed E-state index contributed by atoms with van der Waals surface area (Å²) in [7, 11) is 0. The first-order valence-electron chi connectivity index (χ1n) is 8.30. The topological polar surface area (TPSA) is 66.6 Å². The molecule has 3 rings (SSSR count). The largest absolute Gasteiger partial charge is 0.394 e. The molecule has 0 unspecified atom stereocenters. The number of rotatable bonds is 4. The second kappa shape index (κ2) is 6.33. The molecule has 2 N–H and O–H groups in total. The summed E-state index contributed by atoms with van der Waals surface area (Å²) in [5, 5.41) is 12.4. The molecule has 3 aromatic rings. The molecule has 5 nitrogen and oxygen atoms in total. The highest BCUT2D eigenvalue weighted by atomic mass is 16.3. The molecule has 0 spiro atoms. The van der Waals surface area contributed by atoms with Crippen LogP contribution in [0.1, 0.15) is 35.5 Å². The number of aliphatic hydroxyl groups is 1. The van der Waals surface area contributed by atoms with Crippen LogP contribution in [-0.4, -0.2) is 32.5 Å². The van der Waals surface area contributed by atoms with E-state index in [4.69, 9.17) is 0 Å². The zero-order valence-corrected chi connectivity index (χ0v) is 15.0. The van der Waals surface area contributed by atoms with Crippen LogP contribution in [0, 0.1) is 13.8 Å². The molecule has 0 aliphatic carbocycles. The van der Waals surface area contributed by atoms with Crippen molar-refractivity contribution in [1.82, 2.24) is 14.7 Å². The van der Waals surface area contributed by atoms with E-state index in [1.54, 1.807) is 13.8 Å². The zero-order chi connectivity index (χ0) is 18.2. The van der Waals surface area contributed by atoms with Gasteiger partial charge >= 0.3 is 0 Å². The summed E-state index contributed by atoms with van der Waals surface area (Å²) in [6, 6.07) is 11.8. The van der Waals surface area contributed by atoms with Gasteiger partial charge in [-0.2, -0.15) is 0 Å². The van der Waals surface area contributed by atoms with E-state index in [1.165, 1.54) is 0 Å². The van der Waals surface area contributed by atoms with E-state index in [2.05, 4.69) is 10.3 Å². The summed E-state index contributed by atoms with van der Waals surface area (Å²) in [6.45, 7) is 7.42. The third-order valence-electron chi connectivity index (χ3n) is 4.15. The number of hydrogen-bond acceptors (Lipinski definition) is 3. The normalized spacial score (nSPS) is 11.7. The summed E-state index contributed by atoms with van der Waals surface area (Å²) in [6.07, 6.45) is 1.90. The summed E-state index contributed by atoms with van der Waals surface area (Å²) < 4.78 is 1.81. The third-order valence-corrected chi connectivity index (χ3v) is 4.15. The Labute approximate surface area is 147 Å². The van der Waals surface area contributed by atoms with Gasteiger partial charge in [0, 0.05) is 11.8 Å². The molecule has 1 aromatic carbocycles. The van der Waals surface area contributed by atoms with Gasteiger partial charge < -0.3 is 10.4 Å². The summed E-state index contributed by atoms with van der Waals surface area (Å²) in [5.74, 6) is -0.257. The van der Waals surface area contributed by atoms with Crippen LogP contribution in [0.2, 0.25) is 0 Å². The van der Waals surface area contributed by atoms with E-state index < -0.39 is 5.54 Å². The summed E-state index contributed by atoms with van der Waals surface area (Å²) in [4.78, 5) is 17.7. The number of fused-ring (bicyclic) bond motifs is 1. The van der Waals surface area contributed by atoms with Gasteiger partial charge in [0.25, 0.3) is 5.91 Å². The lowest BCUT2D eigenvalue weighted by Crippen LogP contribution is -2.46. The Bertz CT molecular complexity index is 924. The number of benzene rings is 1. The molecule has 25 heavy (non-hydrogen) atoms. The number of carbonyl (C=O) groups excluding carboxylic acids is 1. The Kier molecular flexibility index (Phi) is 4.35. The van der Waals surface area contributed by atoms with Crippen LogP contribution in [0.15, 0.2) is 42.6 Å². The molecule has 0 bridgehead atoms. The predicted octanol–water partition coefficient (Wildman–Crippen LogP) is 3.12. The Morgan fingerprint density at radius 2 is 1.76 bits per heavy atom. The molecule has 130 valence electrons. The molecule has 0 saturated carbocycles. The Balaban J connectivity index is 2.19. The van der Waals surface area contributed by atoms with E-state index in [-0.39, 0.29) is 12.5 Å². The number of hydrogen-bond donors (Lipinski definition) is 2. The standard InChI is InChI=1S/C20H23N3O2/c1-13-5-8-15(9-6-13)17-18(19(25)22-20(3,4)12-24)23-11-14(2)7-10-16(23)21-17/h5-11,24H,12H2,1-4H3,(H,22,25). The molecule has 0 aliphatic heterocycles. The van der Waals surface area contributed by atoms with E-state index in [0.29, 0.717) is 17.0 Å². The lowest BCUT2D eigenvalue weighted by molar-refractivity contribution is 0.0864. The van der Waals surface area contributed by atoms with Crippen molar-refractivity contribution in [2.75, 3.05) is 6.61 Å². The fourth-order valence-electron chi connectivity index (χ4n) is 2.69. The van der Waals surface area contributed by atoms with E-state index in [9.17, 15) is 9.90 Å². The Morgan fingerprint density at radius 1 is 1.12 bits per heavy atom. The lowest BCUT2D eigenvalue weighted by atomic mass is 10.1. The van der Waals surface area contributed by atoms with Crippen molar-refractivity contribution >= 4 is 11.6 Å². The number of nitrogens with zero attached hydrogens (tertiary/aromatic N) is 2. The highest BCUT2D eigenvalue weighted by molar-refractivity contribution is 6.00. The van der Waals surface area contributed by atoms with Crippen molar-refractivity contribution < 1.29 is 9.90 Å². The van der Waals surface area contributed by atoms with Gasteiger partial charge in [-0.15, -0.1) is 0 Å². The fourth-order valence-corrected chi connectivity index (χ4v) is 2.69. The smallest absolute Gasteiger partial charge is 0.271 e. The van der Waals surface area contributed by atoms with Crippen molar-refractivity contribution in [2.24, 2.45) is 0 Å². The van der Waals surface area contributed by atoms with Gasteiger partial charge in [0.2, 0.25) is 0 Å². The molecule has 0 radical (unpaired) electrons. The van der Waals surface area contributed by atoms with Crippen molar-refractivity contribution in [2.45, 2.75) is 33.2 Å². The predicted molar refractivity (Wildman–Crippen MR) is 98.7 cm³/mol. The maximum absolute atomic E-state index is 13.0. The lowest BCUT2D eigenvalue weighted by Gasteiger charge is -2.23. The van der Waals surface area contributed by atoms with E-state index in [0.717, 1.165) is 16.7 Å². The molecule has 0 atom stereocenters. The Hall–Kier alpha value is -2.66. The molecule has 0 saturated heterocycles. The van der Waals surface area contributed by atoms with Crippen molar-refractivity contribution in [3.8, 4) is 11.3 Å². The second-order valence-corrected chi connectivity index (χ2v) is 7.11. The van der Waals surface area contributed by atoms with Crippen LogP contribution >= 0.6 is 0 Å². The number of imidazole rings is 1. The van der Waals surface area contributed by atoms with E-state index in [1.807, 2.05) is 60.8 Å². The first-order chi connectivity index (χ1) is 11.8. The molecule has 2 heterocycles. The van der Waals surface area contributed by atoms with Crippen LogP contribution in [-0.2, 0) is 0 Å². The number of pyridine rings is 1. The monoisotopic (exact) mass is 337 g/mol. The molecule has 2 aromatic heterocycles. The van der Waals surface area contributed by atoms with Gasteiger partial charge in [0.05, 0.1) is 12.1 Å². The van der Waals surface area contributed by atoms with Gasteiger partial charge in [-0.25, -0.2) is 4.98 Å².